The maximum Gasteiger partial charge on any atom is 0.306 e. The number of amides is 1. The van der Waals surface area contributed by atoms with Gasteiger partial charge in [0.25, 0.3) is 0 Å². The van der Waals surface area contributed by atoms with Gasteiger partial charge in [-0.25, -0.2) is 0 Å². The van der Waals surface area contributed by atoms with Gasteiger partial charge in [0, 0.05) is 26.5 Å². The van der Waals surface area contributed by atoms with Crippen molar-refractivity contribution in [2.45, 2.75) is 265 Å². The monoisotopic (exact) mass is 823 g/mol. The molecular weight excluding hydrogens is 725 g/mol. The van der Waals surface area contributed by atoms with Crippen LogP contribution < -0.4 is 5.32 Å². The molecule has 0 bridgehead atoms. The first-order valence-electron chi connectivity index (χ1n) is 25.3. The third kappa shape index (κ3) is 39.8. The zero-order valence-corrected chi connectivity index (χ0v) is 39.3. The Bertz CT molecular complexity index is 885. The number of hydrogen-bond donors (Lipinski definition) is 1. The molecule has 8 nitrogen and oxygen atoms in total. The van der Waals surface area contributed by atoms with Crippen LogP contribution in [0, 0.1) is 0 Å². The Balaban J connectivity index is 4.44. The summed E-state index contributed by atoms with van der Waals surface area (Å²) in [6, 6.07) is 0. The third-order valence-electron chi connectivity index (χ3n) is 11.6. The minimum Gasteiger partial charge on any atom is -0.462 e. The SMILES string of the molecule is CCCCCCCCC(CC)OC(=O)CCCCCCCN(CCCCCCCC(=O)OC(CCCCCCCC)CCCCCCCC)CCCNC(=O)COC. The first-order chi connectivity index (χ1) is 28.4. The summed E-state index contributed by atoms with van der Waals surface area (Å²) in [4.78, 5) is 39.7. The molecule has 0 aliphatic heterocycles. The summed E-state index contributed by atoms with van der Waals surface area (Å²) in [6.45, 7) is 12.8. The van der Waals surface area contributed by atoms with Crippen molar-refractivity contribution in [1.82, 2.24) is 10.2 Å². The van der Waals surface area contributed by atoms with Crippen LogP contribution in [0.4, 0.5) is 0 Å². The fraction of sp³-hybridized carbons (Fsp3) is 0.940. The van der Waals surface area contributed by atoms with E-state index in [0.717, 1.165) is 110 Å². The van der Waals surface area contributed by atoms with Crippen molar-refractivity contribution in [3.8, 4) is 0 Å². The summed E-state index contributed by atoms with van der Waals surface area (Å²) < 4.78 is 16.8. The molecule has 0 aliphatic carbocycles. The molecule has 1 unspecified atom stereocenters. The second-order valence-corrected chi connectivity index (χ2v) is 17.3. The summed E-state index contributed by atoms with van der Waals surface area (Å²) in [5, 5.41) is 2.96. The molecule has 1 N–H and O–H groups in total. The van der Waals surface area contributed by atoms with Crippen molar-refractivity contribution in [1.29, 1.82) is 0 Å². The average molecular weight is 823 g/mol. The second kappa shape index (κ2) is 44.9. The molecule has 0 radical (unpaired) electrons. The summed E-state index contributed by atoms with van der Waals surface area (Å²) in [5.41, 5.74) is 0. The van der Waals surface area contributed by atoms with E-state index in [1.165, 1.54) is 122 Å². The lowest BCUT2D eigenvalue weighted by molar-refractivity contribution is -0.150. The number of nitrogens with zero attached hydrogens (tertiary/aromatic N) is 1. The van der Waals surface area contributed by atoms with Gasteiger partial charge in [0.15, 0.2) is 0 Å². The molecule has 58 heavy (non-hydrogen) atoms. The molecule has 0 aromatic heterocycles. The summed E-state index contributed by atoms with van der Waals surface area (Å²) >= 11 is 0. The number of methoxy groups -OCH3 is 1. The Kier molecular flexibility index (Phi) is 43.6. The Labute approximate surface area is 360 Å². The number of nitrogens with one attached hydrogen (secondary N) is 1. The van der Waals surface area contributed by atoms with Gasteiger partial charge in [0.05, 0.1) is 0 Å². The summed E-state index contributed by atoms with van der Waals surface area (Å²) in [6.07, 6.45) is 40.0. The second-order valence-electron chi connectivity index (χ2n) is 17.3. The smallest absolute Gasteiger partial charge is 0.306 e. The van der Waals surface area contributed by atoms with Crippen LogP contribution in [-0.4, -0.2) is 74.8 Å². The molecule has 0 fully saturated rings. The highest BCUT2D eigenvalue weighted by Gasteiger charge is 2.15. The molecule has 1 amide bonds. The number of unbranched alkanes of at least 4 members (excludes halogenated alkanes) is 23. The van der Waals surface area contributed by atoms with E-state index in [4.69, 9.17) is 14.2 Å². The van der Waals surface area contributed by atoms with Crippen LogP contribution in [-0.2, 0) is 28.6 Å². The van der Waals surface area contributed by atoms with Crippen molar-refractivity contribution in [3.05, 3.63) is 0 Å². The Morgan fingerprint density at radius 2 is 0.810 bits per heavy atom. The topological polar surface area (TPSA) is 94.2 Å². The van der Waals surface area contributed by atoms with Gasteiger partial charge in [0.2, 0.25) is 5.91 Å². The van der Waals surface area contributed by atoms with Crippen LogP contribution in [0.15, 0.2) is 0 Å². The van der Waals surface area contributed by atoms with Crippen molar-refractivity contribution in [2.24, 2.45) is 0 Å². The number of esters is 2. The molecule has 0 aliphatic rings. The minimum atomic E-state index is -0.0593. The van der Waals surface area contributed by atoms with Crippen LogP contribution in [0.5, 0.6) is 0 Å². The molecule has 0 rings (SSSR count). The molecule has 0 saturated heterocycles. The number of hydrogen-bond acceptors (Lipinski definition) is 7. The van der Waals surface area contributed by atoms with Gasteiger partial charge in [-0.1, -0.05) is 163 Å². The highest BCUT2D eigenvalue weighted by Crippen LogP contribution is 2.19. The van der Waals surface area contributed by atoms with Gasteiger partial charge in [0.1, 0.15) is 18.8 Å². The van der Waals surface area contributed by atoms with Crippen molar-refractivity contribution >= 4 is 17.8 Å². The van der Waals surface area contributed by atoms with Gasteiger partial charge in [-0.3, -0.25) is 14.4 Å². The number of carbonyl (C=O) groups is 3. The zero-order chi connectivity index (χ0) is 42.6. The van der Waals surface area contributed by atoms with Gasteiger partial charge >= 0.3 is 11.9 Å². The Morgan fingerprint density at radius 3 is 1.24 bits per heavy atom. The maximum atomic E-state index is 12.8. The van der Waals surface area contributed by atoms with Crippen molar-refractivity contribution in [3.63, 3.8) is 0 Å². The van der Waals surface area contributed by atoms with E-state index in [2.05, 4.69) is 37.9 Å². The summed E-state index contributed by atoms with van der Waals surface area (Å²) in [7, 11) is 1.55. The lowest BCUT2D eigenvalue weighted by Gasteiger charge is -2.22. The predicted octanol–water partition coefficient (Wildman–Crippen LogP) is 13.6. The van der Waals surface area contributed by atoms with Crippen molar-refractivity contribution < 1.29 is 28.6 Å². The lowest BCUT2D eigenvalue weighted by atomic mass is 10.0. The molecule has 0 aromatic carbocycles. The molecular formula is C50H98N2O6. The molecule has 0 aromatic rings. The molecule has 0 spiro atoms. The van der Waals surface area contributed by atoms with E-state index in [1.807, 2.05) is 0 Å². The Hall–Kier alpha value is -1.67. The normalized spacial score (nSPS) is 12.1. The lowest BCUT2D eigenvalue weighted by Crippen LogP contribution is -2.32. The highest BCUT2D eigenvalue weighted by molar-refractivity contribution is 5.77. The van der Waals surface area contributed by atoms with E-state index in [-0.39, 0.29) is 36.7 Å². The van der Waals surface area contributed by atoms with E-state index >= 15 is 0 Å². The predicted molar refractivity (Wildman–Crippen MR) is 245 cm³/mol. The fourth-order valence-electron chi connectivity index (χ4n) is 7.87. The minimum absolute atomic E-state index is 0.00889. The fourth-order valence-corrected chi connectivity index (χ4v) is 7.87. The third-order valence-corrected chi connectivity index (χ3v) is 11.6. The molecule has 1 atom stereocenters. The van der Waals surface area contributed by atoms with Crippen LogP contribution in [0.3, 0.4) is 0 Å². The zero-order valence-electron chi connectivity index (χ0n) is 39.3. The molecule has 0 saturated carbocycles. The summed E-state index contributed by atoms with van der Waals surface area (Å²) in [5.74, 6) is -0.0710. The number of carbonyl (C=O) groups excluding carboxylic acids is 3. The average Bonchev–Trinajstić information content (AvgIpc) is 3.21. The van der Waals surface area contributed by atoms with Crippen LogP contribution in [0.25, 0.3) is 0 Å². The molecule has 344 valence electrons. The van der Waals surface area contributed by atoms with Crippen LogP contribution in [0.1, 0.15) is 252 Å². The largest absolute Gasteiger partial charge is 0.462 e. The van der Waals surface area contributed by atoms with Crippen molar-refractivity contribution in [2.75, 3.05) is 39.9 Å². The van der Waals surface area contributed by atoms with Gasteiger partial charge in [-0.2, -0.15) is 0 Å². The molecule has 0 heterocycles. The van der Waals surface area contributed by atoms with E-state index in [0.29, 0.717) is 19.4 Å². The standard InChI is InChI=1S/C50H98N2O6/c1-6-10-13-16-21-28-36-46(9-4)57-49(54)39-31-24-19-26-33-42-52(44-35-41-51-48(53)45-56-5)43-34-27-20-25-32-40-50(55)58-47(37-29-22-17-14-11-7-2)38-30-23-18-15-12-8-3/h46-47H,6-45H2,1-5H3,(H,51,53). The van der Waals surface area contributed by atoms with Gasteiger partial charge in [-0.15, -0.1) is 0 Å². The first-order valence-corrected chi connectivity index (χ1v) is 25.3. The number of ether oxygens (including phenoxy) is 3. The van der Waals surface area contributed by atoms with E-state index < -0.39 is 0 Å². The quantitative estimate of drug-likeness (QED) is 0.0483. The van der Waals surface area contributed by atoms with E-state index in [9.17, 15) is 14.4 Å². The Morgan fingerprint density at radius 1 is 0.448 bits per heavy atom. The number of rotatable bonds is 46. The van der Waals surface area contributed by atoms with Gasteiger partial charge < -0.3 is 24.4 Å². The van der Waals surface area contributed by atoms with Crippen LogP contribution >= 0.6 is 0 Å². The van der Waals surface area contributed by atoms with Crippen LogP contribution in [0.2, 0.25) is 0 Å². The molecule has 8 heteroatoms. The van der Waals surface area contributed by atoms with Gasteiger partial charge in [-0.05, 0) is 96.7 Å². The van der Waals surface area contributed by atoms with E-state index in [1.54, 1.807) is 7.11 Å². The maximum absolute atomic E-state index is 12.8. The first kappa shape index (κ1) is 56.3. The highest BCUT2D eigenvalue weighted by atomic mass is 16.5.